The Morgan fingerprint density at radius 2 is 1.80 bits per heavy atom. The number of nitrogens with one attached hydrogen (secondary N) is 1. The molecule has 264 valence electrons. The number of carbonyl (C=O) groups is 2. The number of hydrogen-bond acceptors (Lipinski definition) is 9. The van der Waals surface area contributed by atoms with Gasteiger partial charge < -0.3 is 24.5 Å². The number of allylic oxidation sites excluding steroid dienone is 2. The Morgan fingerprint density at radius 1 is 1.04 bits per heavy atom. The number of hydrogen-bond donors (Lipinski definition) is 3. The van der Waals surface area contributed by atoms with E-state index in [1.54, 1.807) is 35.3 Å². The lowest BCUT2D eigenvalue weighted by atomic mass is 10.2. The van der Waals surface area contributed by atoms with E-state index in [0.29, 0.717) is 41.6 Å². The van der Waals surface area contributed by atoms with Crippen LogP contribution >= 0.6 is 0 Å². The molecule has 15 heteroatoms. The number of benzene rings is 3. The molecule has 0 bridgehead atoms. The number of oxazole rings is 1. The molecular formula is C35H39N4O10S+. The van der Waals surface area contributed by atoms with Crippen molar-refractivity contribution in [3.05, 3.63) is 106 Å². The fourth-order valence-electron chi connectivity index (χ4n) is 5.34. The first kappa shape index (κ1) is 37.3. The second kappa shape index (κ2) is 16.2. The second-order valence-electron chi connectivity index (χ2n) is 11.4. The monoisotopic (exact) mass is 707 g/mol. The molecule has 14 nitrogen and oxygen atoms in total. The number of carboxylic acid groups (broad SMARTS) is 1. The summed E-state index contributed by atoms with van der Waals surface area (Å²) in [6, 6.07) is 15.7. The third-order valence-corrected chi connectivity index (χ3v) is 8.69. The summed E-state index contributed by atoms with van der Waals surface area (Å²) < 4.78 is 47.3. The van der Waals surface area contributed by atoms with Crippen LogP contribution in [-0.2, 0) is 32.8 Å². The predicted octanol–water partition coefficient (Wildman–Crippen LogP) is 5.92. The number of aryl methyl sites for hydroxylation is 2. The van der Waals surface area contributed by atoms with Crippen LogP contribution < -0.4 is 19.5 Å². The molecule has 3 N–H and O–H groups in total. The summed E-state index contributed by atoms with van der Waals surface area (Å²) in [5.41, 5.74) is 3.75. The van der Waals surface area contributed by atoms with Crippen molar-refractivity contribution < 1.29 is 46.3 Å². The maximum Gasteiger partial charge on any atom is 0.374 e. The third-order valence-electron chi connectivity index (χ3n) is 7.84. The van der Waals surface area contributed by atoms with Gasteiger partial charge in [-0.1, -0.05) is 25.6 Å². The highest BCUT2D eigenvalue weighted by atomic mass is 32.2. The molecule has 1 aliphatic heterocycles. The van der Waals surface area contributed by atoms with Crippen LogP contribution in [0.25, 0.3) is 17.2 Å². The van der Waals surface area contributed by atoms with Gasteiger partial charge in [0.15, 0.2) is 12.3 Å². The van der Waals surface area contributed by atoms with Gasteiger partial charge in [0.2, 0.25) is 17.4 Å². The number of nitrogens with zero attached hydrogens (tertiary/aromatic N) is 3. The van der Waals surface area contributed by atoms with E-state index < -0.39 is 21.0 Å². The Balaban J connectivity index is 0.00000562. The Bertz CT molecular complexity index is 2050. The number of non-ortho nitro benzene ring substituents is 1. The molecule has 0 saturated carbocycles. The molecule has 0 radical (unpaired) electrons. The number of carbonyl (C=O) groups excluding carboxylic acids is 1. The highest BCUT2D eigenvalue weighted by Crippen LogP contribution is 2.40. The largest absolute Gasteiger partial charge is 0.481 e. The van der Waals surface area contributed by atoms with Gasteiger partial charge in [-0.15, -0.1) is 0 Å². The molecule has 0 atom stereocenters. The zero-order valence-corrected chi connectivity index (χ0v) is 27.4. The number of amides is 1. The normalized spacial score (nSPS) is 13.3. The summed E-state index contributed by atoms with van der Waals surface area (Å²) in [5.74, 6) is -0.0861. The summed E-state index contributed by atoms with van der Waals surface area (Å²) in [7, 11) is -4.49. The van der Waals surface area contributed by atoms with Crippen LogP contribution in [0.3, 0.4) is 0 Å². The van der Waals surface area contributed by atoms with E-state index >= 15 is 0 Å². The number of nitro benzene ring substituents is 1. The Hall–Kier alpha value is -5.54. The molecule has 3 aromatic carbocycles. The fraction of sp³-hybridized carbons (Fsp3) is 0.286. The van der Waals surface area contributed by atoms with E-state index in [4.69, 9.17) is 14.3 Å². The highest BCUT2D eigenvalue weighted by Gasteiger charge is 2.28. The molecule has 1 amide bonds. The molecule has 4 aromatic rings. The molecular weight excluding hydrogens is 668 g/mol. The number of rotatable bonds is 15. The van der Waals surface area contributed by atoms with Crippen molar-refractivity contribution >= 4 is 50.5 Å². The van der Waals surface area contributed by atoms with Crippen LogP contribution in [0.15, 0.2) is 88.0 Å². The van der Waals surface area contributed by atoms with Crippen LogP contribution in [0.4, 0.5) is 11.4 Å². The number of ether oxygens (including phenoxy) is 1. The van der Waals surface area contributed by atoms with Crippen molar-refractivity contribution in [3.8, 4) is 5.75 Å². The summed E-state index contributed by atoms with van der Waals surface area (Å²) in [5, 5.41) is 22.6. The first-order valence-electron chi connectivity index (χ1n) is 15.5. The van der Waals surface area contributed by atoms with E-state index in [0.717, 1.165) is 23.9 Å². The first-order valence-corrected chi connectivity index (χ1v) is 16.9. The van der Waals surface area contributed by atoms with Crippen LogP contribution in [0.5, 0.6) is 5.75 Å². The van der Waals surface area contributed by atoms with E-state index in [9.17, 15) is 32.7 Å². The zero-order chi connectivity index (χ0) is 35.1. The quantitative estimate of drug-likeness (QED) is 0.0436. The van der Waals surface area contributed by atoms with Crippen LogP contribution in [-0.4, -0.2) is 41.4 Å². The average molecular weight is 708 g/mol. The van der Waals surface area contributed by atoms with Crippen molar-refractivity contribution in [3.63, 3.8) is 0 Å². The topological polar surface area (TPSA) is 193 Å². The summed E-state index contributed by atoms with van der Waals surface area (Å²) in [6.07, 6.45) is 7.31. The number of anilines is 1. The van der Waals surface area contributed by atoms with E-state index in [2.05, 4.69) is 5.32 Å². The number of aromatic nitrogens is 1. The van der Waals surface area contributed by atoms with Crippen molar-refractivity contribution in [2.45, 2.75) is 64.4 Å². The Kier molecular flexibility index (Phi) is 12.1. The molecule has 1 aliphatic rings. The maximum atomic E-state index is 12.8. The van der Waals surface area contributed by atoms with Crippen molar-refractivity contribution in [2.75, 3.05) is 11.4 Å². The SMILES string of the molecule is C.Cc1ccc2c(c1)oc(C=CC=C1Oc3cc(S(=O)(=O)O)ccc3N1CCC(=O)NCc1ccc([N+](=O)[O-])cc1)[n+]2CCCCCC(=O)O. The number of nitro groups is 1. The lowest BCUT2D eigenvalue weighted by Gasteiger charge is -2.18. The molecule has 0 aliphatic carbocycles. The highest BCUT2D eigenvalue weighted by molar-refractivity contribution is 7.85. The molecule has 1 aromatic heterocycles. The smallest absolute Gasteiger partial charge is 0.374 e. The van der Waals surface area contributed by atoms with Crippen LogP contribution in [0.2, 0.25) is 0 Å². The molecule has 0 saturated heterocycles. The summed E-state index contributed by atoms with van der Waals surface area (Å²) in [6.45, 7) is 2.90. The fourth-order valence-corrected chi connectivity index (χ4v) is 5.84. The van der Waals surface area contributed by atoms with E-state index in [-0.39, 0.29) is 55.6 Å². The molecule has 0 fully saturated rings. The minimum absolute atomic E-state index is 0. The predicted molar refractivity (Wildman–Crippen MR) is 185 cm³/mol. The van der Waals surface area contributed by atoms with E-state index in [1.807, 2.05) is 29.7 Å². The molecule has 0 unspecified atom stereocenters. The Morgan fingerprint density at radius 3 is 2.50 bits per heavy atom. The third kappa shape index (κ3) is 9.33. The minimum atomic E-state index is -4.49. The van der Waals surface area contributed by atoms with Crippen molar-refractivity contribution in [2.24, 2.45) is 0 Å². The maximum absolute atomic E-state index is 12.8. The van der Waals surface area contributed by atoms with E-state index in [1.165, 1.54) is 30.3 Å². The summed E-state index contributed by atoms with van der Waals surface area (Å²) in [4.78, 5) is 35.4. The van der Waals surface area contributed by atoms with Crippen LogP contribution in [0, 0.1) is 17.0 Å². The van der Waals surface area contributed by atoms with Crippen LogP contribution in [0.1, 0.15) is 56.5 Å². The minimum Gasteiger partial charge on any atom is -0.481 e. The van der Waals surface area contributed by atoms with Gasteiger partial charge in [-0.05, 0) is 61.2 Å². The van der Waals surface area contributed by atoms with Gasteiger partial charge in [0.1, 0.15) is 0 Å². The van der Waals surface area contributed by atoms with Gasteiger partial charge in [-0.3, -0.25) is 24.3 Å². The number of unbranched alkanes of at least 4 members (excludes halogenated alkanes) is 2. The number of carboxylic acids is 1. The standard InChI is InChI=1S/C34H34N4O10S.CH4/c1-23-9-15-27-29(20-23)47-32(36(27)18-4-2-3-8-34(40)41)6-5-7-33-37(28-16-14-26(49(44,45)46)21-30(28)48-33)19-17-31(39)35-22-24-10-12-25(13-11-24)38(42)43;/h5-7,9-16,20-21H,2-4,8,17-19,22H2,1H3,(H2-,35,39,40,41,44,45,46);1H4/p+1. The summed E-state index contributed by atoms with van der Waals surface area (Å²) >= 11 is 0. The van der Waals surface area contributed by atoms with Gasteiger partial charge in [-0.2, -0.15) is 13.0 Å². The van der Waals surface area contributed by atoms with Crippen molar-refractivity contribution in [1.29, 1.82) is 0 Å². The van der Waals surface area contributed by atoms with Gasteiger partial charge in [0.05, 0.1) is 21.6 Å². The zero-order valence-electron chi connectivity index (χ0n) is 26.6. The lowest BCUT2D eigenvalue weighted by Crippen LogP contribution is -2.35. The Labute approximate surface area is 289 Å². The molecule has 0 spiro atoms. The lowest BCUT2D eigenvalue weighted by molar-refractivity contribution is -0.678. The molecule has 2 heterocycles. The number of aliphatic carboxylic acids is 1. The van der Waals surface area contributed by atoms with Crippen molar-refractivity contribution in [1.82, 2.24) is 5.32 Å². The van der Waals surface area contributed by atoms with Gasteiger partial charge >= 0.3 is 11.9 Å². The van der Waals surface area contributed by atoms with Gasteiger partial charge in [-0.25, -0.2) is 0 Å². The average Bonchev–Trinajstić information content (AvgIpc) is 3.58. The van der Waals surface area contributed by atoms with Gasteiger partial charge in [0, 0.05) is 56.6 Å². The molecule has 50 heavy (non-hydrogen) atoms. The molecule has 5 rings (SSSR count). The first-order chi connectivity index (χ1) is 23.4. The second-order valence-corrected chi connectivity index (χ2v) is 12.9. The van der Waals surface area contributed by atoms with Gasteiger partial charge in [0.25, 0.3) is 21.3 Å². The number of fused-ring (bicyclic) bond motifs is 2.